The number of fused-ring (bicyclic) bond motifs is 5. The van der Waals surface area contributed by atoms with E-state index in [1.807, 2.05) is 0 Å². The summed E-state index contributed by atoms with van der Waals surface area (Å²) < 4.78 is 23.0. The van der Waals surface area contributed by atoms with Crippen molar-refractivity contribution in [2.45, 2.75) is 180 Å². The molecule has 10 heteroatoms. The van der Waals surface area contributed by atoms with Crippen molar-refractivity contribution in [2.24, 2.45) is 52.3 Å². The predicted octanol–water partition coefficient (Wildman–Crippen LogP) is 4.15. The minimum Gasteiger partial charge on any atom is -0.394 e. The SMILES string of the molecule is CC(CCC[C@@H](C)[C@H]1CC[C@H]2[C@@H]3CC[C@H]4CCCC[C@]4(C)[C@H]3CC[C@]12C)CO[C@@H]1O[C@H](CO)[C@H](O)[C@H](O[C@@H]2O[C@@H](C)[C@@H](O)[C@@H](O)[C@@H]2O)[C@H]1O. The molecular weight excluding hydrogens is 628 g/mol. The van der Waals surface area contributed by atoms with Crippen molar-refractivity contribution >= 4 is 0 Å². The summed E-state index contributed by atoms with van der Waals surface area (Å²) in [4.78, 5) is 0. The van der Waals surface area contributed by atoms with Crippen molar-refractivity contribution in [3.05, 3.63) is 0 Å². The molecule has 0 aromatic heterocycles. The third kappa shape index (κ3) is 7.28. The molecule has 49 heavy (non-hydrogen) atoms. The summed E-state index contributed by atoms with van der Waals surface area (Å²) in [5.74, 6) is 5.44. The minimum atomic E-state index is -1.60. The molecule has 0 amide bonds. The maximum atomic E-state index is 11.1. The summed E-state index contributed by atoms with van der Waals surface area (Å²) in [5, 5.41) is 62.4. The zero-order chi connectivity index (χ0) is 35.2. The molecule has 0 aromatic rings. The second-order valence-corrected chi connectivity index (χ2v) is 18.0. The summed E-state index contributed by atoms with van der Waals surface area (Å²) in [5.41, 5.74) is 1.07. The highest BCUT2D eigenvalue weighted by molar-refractivity contribution is 5.09. The summed E-state index contributed by atoms with van der Waals surface area (Å²) in [6.07, 6.45) is 4.53. The van der Waals surface area contributed by atoms with Crippen LogP contribution in [0.2, 0.25) is 0 Å². The quantitative estimate of drug-likeness (QED) is 0.186. The van der Waals surface area contributed by atoms with E-state index < -0.39 is 68.0 Å². The number of aliphatic hydroxyl groups excluding tert-OH is 6. The van der Waals surface area contributed by atoms with Gasteiger partial charge in [0.05, 0.1) is 19.3 Å². The highest BCUT2D eigenvalue weighted by Crippen LogP contribution is 2.68. The van der Waals surface area contributed by atoms with Gasteiger partial charge < -0.3 is 49.6 Å². The van der Waals surface area contributed by atoms with Crippen LogP contribution in [0.1, 0.15) is 118 Å². The van der Waals surface area contributed by atoms with Crippen molar-refractivity contribution in [3.8, 4) is 0 Å². The molecule has 2 saturated heterocycles. The molecule has 2 aliphatic heterocycles. The molecule has 19 atom stereocenters. The lowest BCUT2D eigenvalue weighted by Gasteiger charge is -2.61. The molecule has 6 aliphatic rings. The summed E-state index contributed by atoms with van der Waals surface area (Å²) in [6.45, 7) is 11.3. The summed E-state index contributed by atoms with van der Waals surface area (Å²) in [7, 11) is 0. The van der Waals surface area contributed by atoms with Crippen molar-refractivity contribution in [1.29, 1.82) is 0 Å². The van der Waals surface area contributed by atoms with E-state index in [0.717, 1.165) is 42.4 Å². The Morgan fingerprint density at radius 2 is 1.49 bits per heavy atom. The molecule has 0 spiro atoms. The molecule has 6 N–H and O–H groups in total. The van der Waals surface area contributed by atoms with Crippen LogP contribution in [0.15, 0.2) is 0 Å². The van der Waals surface area contributed by atoms with Crippen LogP contribution in [0.25, 0.3) is 0 Å². The van der Waals surface area contributed by atoms with Crippen LogP contribution in [-0.4, -0.2) is 105 Å². The van der Waals surface area contributed by atoms with Gasteiger partial charge in [0.2, 0.25) is 0 Å². The van der Waals surface area contributed by atoms with Crippen LogP contribution in [0.5, 0.6) is 0 Å². The Balaban J connectivity index is 0.975. The van der Waals surface area contributed by atoms with E-state index in [1.54, 1.807) is 0 Å². The monoisotopic (exact) mass is 696 g/mol. The van der Waals surface area contributed by atoms with Gasteiger partial charge in [-0.1, -0.05) is 53.4 Å². The summed E-state index contributed by atoms with van der Waals surface area (Å²) >= 11 is 0. The average molecular weight is 697 g/mol. The molecule has 0 bridgehead atoms. The molecule has 0 aromatic carbocycles. The highest BCUT2D eigenvalue weighted by atomic mass is 16.7. The number of hydrogen-bond acceptors (Lipinski definition) is 10. The maximum Gasteiger partial charge on any atom is 0.187 e. The second kappa shape index (κ2) is 15.5. The van der Waals surface area contributed by atoms with E-state index >= 15 is 0 Å². The van der Waals surface area contributed by atoms with Gasteiger partial charge in [0.15, 0.2) is 12.6 Å². The molecule has 284 valence electrons. The van der Waals surface area contributed by atoms with Crippen LogP contribution < -0.4 is 0 Å². The normalized spacial score (nSPS) is 51.4. The van der Waals surface area contributed by atoms with Gasteiger partial charge in [-0.2, -0.15) is 0 Å². The Bertz CT molecular complexity index is 1080. The van der Waals surface area contributed by atoms with Crippen molar-refractivity contribution in [3.63, 3.8) is 0 Å². The highest BCUT2D eigenvalue weighted by Gasteiger charge is 2.60. The largest absolute Gasteiger partial charge is 0.394 e. The smallest absolute Gasteiger partial charge is 0.187 e. The van der Waals surface area contributed by atoms with E-state index in [4.69, 9.17) is 18.9 Å². The lowest BCUT2D eigenvalue weighted by atomic mass is 9.44. The first-order valence-corrected chi connectivity index (χ1v) is 19.9. The first-order valence-electron chi connectivity index (χ1n) is 19.9. The lowest BCUT2D eigenvalue weighted by Crippen LogP contribution is -2.64. The standard InChI is InChI=1S/C39H68O10/c1-21(20-46-36-34(45)35(31(42)29(19-40)48-36)49-37-33(44)32(43)30(41)23(3)47-37)9-8-10-22(2)26-14-15-27-25-13-12-24-11-6-7-17-38(24,4)28(25)16-18-39(26,27)5/h21-37,40-45H,6-20H2,1-5H3/t21?,22-,23+,24-,25+,26-,27+,28+,29-,30-,31+,32-,33+,34-,35+,36-,37+,38+,39-/m1/s1. The van der Waals surface area contributed by atoms with E-state index in [0.29, 0.717) is 23.4 Å². The molecule has 0 radical (unpaired) electrons. The zero-order valence-electron chi connectivity index (χ0n) is 30.7. The molecule has 6 fully saturated rings. The fraction of sp³-hybridized carbons (Fsp3) is 1.00. The molecule has 10 nitrogen and oxygen atoms in total. The van der Waals surface area contributed by atoms with Crippen molar-refractivity contribution < 1.29 is 49.6 Å². The van der Waals surface area contributed by atoms with Gasteiger partial charge in [0.25, 0.3) is 0 Å². The van der Waals surface area contributed by atoms with Crippen molar-refractivity contribution in [1.82, 2.24) is 0 Å². The molecule has 2 heterocycles. The fourth-order valence-electron chi connectivity index (χ4n) is 12.2. The van der Waals surface area contributed by atoms with Crippen molar-refractivity contribution in [2.75, 3.05) is 13.2 Å². The predicted molar refractivity (Wildman–Crippen MR) is 183 cm³/mol. The van der Waals surface area contributed by atoms with Crippen LogP contribution in [0.4, 0.5) is 0 Å². The summed E-state index contributed by atoms with van der Waals surface area (Å²) in [6, 6.07) is 0. The third-order valence-electron chi connectivity index (χ3n) is 15.2. The topological polar surface area (TPSA) is 158 Å². The first kappa shape index (κ1) is 38.3. The molecular formula is C39H68O10. The Morgan fingerprint density at radius 1 is 0.735 bits per heavy atom. The zero-order valence-corrected chi connectivity index (χ0v) is 30.7. The molecule has 6 rings (SSSR count). The van der Waals surface area contributed by atoms with Gasteiger partial charge in [0.1, 0.15) is 42.7 Å². The second-order valence-electron chi connectivity index (χ2n) is 18.0. The Morgan fingerprint density at radius 3 is 2.24 bits per heavy atom. The molecule has 4 aliphatic carbocycles. The Hall–Kier alpha value is -0.400. The van der Waals surface area contributed by atoms with Gasteiger partial charge in [-0.3, -0.25) is 0 Å². The van der Waals surface area contributed by atoms with Gasteiger partial charge in [0, 0.05) is 0 Å². The van der Waals surface area contributed by atoms with Crippen LogP contribution in [0, 0.1) is 52.3 Å². The third-order valence-corrected chi connectivity index (χ3v) is 15.2. The Kier molecular flexibility index (Phi) is 12.1. The lowest BCUT2D eigenvalue weighted by molar-refractivity contribution is -0.358. The number of rotatable bonds is 11. The fourth-order valence-corrected chi connectivity index (χ4v) is 12.2. The van der Waals surface area contributed by atoms with E-state index in [2.05, 4.69) is 27.7 Å². The van der Waals surface area contributed by atoms with E-state index in [9.17, 15) is 30.6 Å². The maximum absolute atomic E-state index is 11.1. The van der Waals surface area contributed by atoms with E-state index in [1.165, 1.54) is 77.6 Å². The van der Waals surface area contributed by atoms with Gasteiger partial charge in [-0.05, 0) is 117 Å². The Labute approximate surface area is 294 Å². The van der Waals surface area contributed by atoms with E-state index in [-0.39, 0.29) is 5.92 Å². The first-order chi connectivity index (χ1) is 23.3. The number of hydrogen-bond donors (Lipinski definition) is 6. The van der Waals surface area contributed by atoms with Crippen LogP contribution in [-0.2, 0) is 18.9 Å². The number of ether oxygens (including phenoxy) is 4. The molecule has 4 saturated carbocycles. The molecule has 1 unspecified atom stereocenters. The van der Waals surface area contributed by atoms with Gasteiger partial charge in [-0.25, -0.2) is 0 Å². The van der Waals surface area contributed by atoms with Crippen LogP contribution >= 0.6 is 0 Å². The van der Waals surface area contributed by atoms with Gasteiger partial charge in [-0.15, -0.1) is 0 Å². The van der Waals surface area contributed by atoms with Crippen LogP contribution in [0.3, 0.4) is 0 Å². The number of aliphatic hydroxyl groups is 6. The van der Waals surface area contributed by atoms with Gasteiger partial charge >= 0.3 is 0 Å². The average Bonchev–Trinajstić information content (AvgIpc) is 3.44. The minimum absolute atomic E-state index is 0.205.